The molecule has 20 heavy (non-hydrogen) atoms. The van der Waals surface area contributed by atoms with E-state index >= 15 is 0 Å². The number of primary sulfonamides is 1. The SMILES string of the molecule is CC1(C)CCC(CN2CCN(CCS(N)(=O)=O)CC2)O1. The van der Waals surface area contributed by atoms with Gasteiger partial charge in [0, 0.05) is 39.3 Å². The Kier molecular flexibility index (Phi) is 5.07. The Morgan fingerprint density at radius 3 is 2.30 bits per heavy atom. The summed E-state index contributed by atoms with van der Waals surface area (Å²) in [6.07, 6.45) is 2.62. The lowest BCUT2D eigenvalue weighted by molar-refractivity contribution is -0.0333. The van der Waals surface area contributed by atoms with Crippen molar-refractivity contribution < 1.29 is 13.2 Å². The van der Waals surface area contributed by atoms with E-state index in [0.717, 1.165) is 45.6 Å². The van der Waals surface area contributed by atoms with E-state index in [1.54, 1.807) is 0 Å². The lowest BCUT2D eigenvalue weighted by Gasteiger charge is -2.35. The second-order valence-electron chi connectivity index (χ2n) is 6.55. The molecule has 2 N–H and O–H groups in total. The van der Waals surface area contributed by atoms with Crippen LogP contribution in [-0.2, 0) is 14.8 Å². The number of piperazine rings is 1. The van der Waals surface area contributed by atoms with Gasteiger partial charge in [-0.1, -0.05) is 0 Å². The third-order valence-corrected chi connectivity index (χ3v) is 4.92. The number of rotatable bonds is 5. The quantitative estimate of drug-likeness (QED) is 0.764. The van der Waals surface area contributed by atoms with E-state index in [1.807, 2.05) is 0 Å². The maximum Gasteiger partial charge on any atom is 0.210 e. The zero-order chi connectivity index (χ0) is 14.8. The minimum absolute atomic E-state index is 0.0297. The normalized spacial score (nSPS) is 28.9. The summed E-state index contributed by atoms with van der Waals surface area (Å²) >= 11 is 0. The molecule has 2 saturated heterocycles. The highest BCUT2D eigenvalue weighted by molar-refractivity contribution is 7.89. The lowest BCUT2D eigenvalue weighted by atomic mass is 10.1. The molecule has 0 radical (unpaired) electrons. The Morgan fingerprint density at radius 1 is 1.20 bits per heavy atom. The predicted molar refractivity (Wildman–Crippen MR) is 79.0 cm³/mol. The summed E-state index contributed by atoms with van der Waals surface area (Å²) in [6, 6.07) is 0. The summed E-state index contributed by atoms with van der Waals surface area (Å²) in [5.41, 5.74) is 0.0297. The van der Waals surface area contributed by atoms with E-state index in [1.165, 1.54) is 0 Å². The average Bonchev–Trinajstić information content (AvgIpc) is 2.67. The number of hydrogen-bond acceptors (Lipinski definition) is 5. The van der Waals surface area contributed by atoms with Crippen LogP contribution >= 0.6 is 0 Å². The van der Waals surface area contributed by atoms with Crippen LogP contribution in [0.3, 0.4) is 0 Å². The topological polar surface area (TPSA) is 75.9 Å². The zero-order valence-electron chi connectivity index (χ0n) is 12.5. The van der Waals surface area contributed by atoms with Crippen LogP contribution in [0.4, 0.5) is 0 Å². The summed E-state index contributed by atoms with van der Waals surface area (Å²) in [5, 5.41) is 5.03. The van der Waals surface area contributed by atoms with Crippen LogP contribution in [0.2, 0.25) is 0 Å². The third kappa shape index (κ3) is 5.29. The van der Waals surface area contributed by atoms with Gasteiger partial charge in [-0.3, -0.25) is 9.80 Å². The molecule has 2 fully saturated rings. The Labute approximate surface area is 122 Å². The molecule has 7 heteroatoms. The second kappa shape index (κ2) is 6.27. The van der Waals surface area contributed by atoms with Crippen molar-refractivity contribution in [3.8, 4) is 0 Å². The van der Waals surface area contributed by atoms with Crippen molar-refractivity contribution in [2.75, 3.05) is 45.0 Å². The molecule has 0 spiro atoms. The van der Waals surface area contributed by atoms with Gasteiger partial charge in [-0.25, -0.2) is 13.6 Å². The van der Waals surface area contributed by atoms with Crippen molar-refractivity contribution in [2.45, 2.75) is 38.4 Å². The lowest BCUT2D eigenvalue weighted by Crippen LogP contribution is -2.49. The molecule has 118 valence electrons. The van der Waals surface area contributed by atoms with Gasteiger partial charge in [-0.2, -0.15) is 0 Å². The van der Waals surface area contributed by atoms with Crippen LogP contribution in [0.15, 0.2) is 0 Å². The molecule has 6 nitrogen and oxygen atoms in total. The maximum atomic E-state index is 11.0. The molecule has 0 aliphatic carbocycles. The largest absolute Gasteiger partial charge is 0.371 e. The predicted octanol–water partition coefficient (Wildman–Crippen LogP) is -0.150. The molecular weight excluding hydrogens is 278 g/mol. The van der Waals surface area contributed by atoms with Crippen molar-refractivity contribution in [1.29, 1.82) is 0 Å². The van der Waals surface area contributed by atoms with E-state index in [9.17, 15) is 8.42 Å². The average molecular weight is 305 g/mol. The molecule has 0 bridgehead atoms. The van der Waals surface area contributed by atoms with Crippen LogP contribution in [0.1, 0.15) is 26.7 Å². The van der Waals surface area contributed by atoms with Crippen LogP contribution in [0.25, 0.3) is 0 Å². The highest BCUT2D eigenvalue weighted by atomic mass is 32.2. The maximum absolute atomic E-state index is 11.0. The molecule has 0 amide bonds. The highest BCUT2D eigenvalue weighted by Crippen LogP contribution is 2.29. The molecule has 2 aliphatic heterocycles. The molecule has 1 atom stereocenters. The number of hydrogen-bond donors (Lipinski definition) is 1. The zero-order valence-corrected chi connectivity index (χ0v) is 13.4. The molecule has 0 aromatic carbocycles. The van der Waals surface area contributed by atoms with Gasteiger partial charge in [0.05, 0.1) is 17.5 Å². The van der Waals surface area contributed by atoms with Crippen molar-refractivity contribution >= 4 is 10.0 Å². The number of sulfonamides is 1. The molecular formula is C13H27N3O3S. The van der Waals surface area contributed by atoms with Crippen LogP contribution in [0.5, 0.6) is 0 Å². The summed E-state index contributed by atoms with van der Waals surface area (Å²) in [4.78, 5) is 4.58. The molecule has 2 heterocycles. The van der Waals surface area contributed by atoms with Crippen molar-refractivity contribution in [2.24, 2.45) is 5.14 Å². The van der Waals surface area contributed by atoms with Gasteiger partial charge < -0.3 is 4.74 Å². The first-order valence-electron chi connectivity index (χ1n) is 7.36. The molecule has 2 aliphatic rings. The van der Waals surface area contributed by atoms with E-state index in [2.05, 4.69) is 23.6 Å². The minimum Gasteiger partial charge on any atom is -0.371 e. The van der Waals surface area contributed by atoms with Crippen LogP contribution in [0, 0.1) is 0 Å². The fourth-order valence-corrected chi connectivity index (χ4v) is 3.46. The molecule has 1 unspecified atom stereocenters. The summed E-state index contributed by atoms with van der Waals surface area (Å²) in [6.45, 7) is 9.61. The van der Waals surface area contributed by atoms with Crippen LogP contribution in [-0.4, -0.2) is 74.9 Å². The van der Waals surface area contributed by atoms with E-state index in [0.29, 0.717) is 12.6 Å². The Morgan fingerprint density at radius 2 is 1.80 bits per heavy atom. The van der Waals surface area contributed by atoms with Gasteiger partial charge in [-0.15, -0.1) is 0 Å². The Bertz CT molecular complexity index is 417. The van der Waals surface area contributed by atoms with E-state index in [4.69, 9.17) is 9.88 Å². The minimum atomic E-state index is -3.34. The standard InChI is InChI=1S/C13H27N3O3S/c1-13(2)4-3-12(19-13)11-16-7-5-15(6-8-16)9-10-20(14,17)18/h12H,3-11H2,1-2H3,(H2,14,17,18). The van der Waals surface area contributed by atoms with Crippen molar-refractivity contribution in [3.63, 3.8) is 0 Å². The van der Waals surface area contributed by atoms with Gasteiger partial charge in [0.1, 0.15) is 0 Å². The summed E-state index contributed by atoms with van der Waals surface area (Å²) in [7, 11) is -3.34. The first-order chi connectivity index (χ1) is 9.23. The fourth-order valence-electron chi connectivity index (χ4n) is 2.95. The van der Waals surface area contributed by atoms with E-state index in [-0.39, 0.29) is 11.4 Å². The summed E-state index contributed by atoms with van der Waals surface area (Å²) in [5.74, 6) is 0.0485. The first-order valence-corrected chi connectivity index (χ1v) is 9.08. The third-order valence-electron chi connectivity index (χ3n) is 4.17. The smallest absolute Gasteiger partial charge is 0.210 e. The van der Waals surface area contributed by atoms with Gasteiger partial charge in [0.2, 0.25) is 10.0 Å². The molecule has 2 rings (SSSR count). The van der Waals surface area contributed by atoms with Gasteiger partial charge in [0.25, 0.3) is 0 Å². The highest BCUT2D eigenvalue weighted by Gasteiger charge is 2.33. The second-order valence-corrected chi connectivity index (χ2v) is 8.28. The van der Waals surface area contributed by atoms with Crippen molar-refractivity contribution in [3.05, 3.63) is 0 Å². The fraction of sp³-hybridized carbons (Fsp3) is 1.00. The van der Waals surface area contributed by atoms with Gasteiger partial charge in [-0.05, 0) is 26.7 Å². The molecule has 0 saturated carbocycles. The number of nitrogens with two attached hydrogens (primary N) is 1. The monoisotopic (exact) mass is 305 g/mol. The molecule has 0 aromatic heterocycles. The number of nitrogens with zero attached hydrogens (tertiary/aromatic N) is 2. The van der Waals surface area contributed by atoms with Gasteiger partial charge in [0.15, 0.2) is 0 Å². The van der Waals surface area contributed by atoms with Crippen molar-refractivity contribution in [1.82, 2.24) is 9.80 Å². The molecule has 0 aromatic rings. The number of ether oxygens (including phenoxy) is 1. The first kappa shape index (κ1) is 16.2. The van der Waals surface area contributed by atoms with E-state index < -0.39 is 10.0 Å². The van der Waals surface area contributed by atoms with Crippen LogP contribution < -0.4 is 5.14 Å². The summed E-state index contributed by atoms with van der Waals surface area (Å²) < 4.78 is 27.9. The van der Waals surface area contributed by atoms with Gasteiger partial charge >= 0.3 is 0 Å². The Balaban J connectivity index is 1.67. The Hall–Kier alpha value is -0.210.